The Morgan fingerprint density at radius 2 is 1.09 bits per heavy atom. The van der Waals surface area contributed by atoms with E-state index < -0.39 is 22.7 Å². The van der Waals surface area contributed by atoms with Gasteiger partial charge in [-0.25, -0.2) is 12.0 Å². The second-order valence-electron chi connectivity index (χ2n) is 0.476. The first-order chi connectivity index (χ1) is 3.13. The molecule has 0 saturated heterocycles. The Morgan fingerprint density at radius 1 is 0.909 bits per heavy atom. The van der Waals surface area contributed by atoms with Gasteiger partial charge in [-0.1, -0.05) is 0 Å². The van der Waals surface area contributed by atoms with Crippen LogP contribution in [0.2, 0.25) is 0 Å². The second-order valence-corrected chi connectivity index (χ2v) is 1.84. The summed E-state index contributed by atoms with van der Waals surface area (Å²) in [7, 11) is 0. The maximum Gasteiger partial charge on any atom is 1.00 e. The molecule has 0 fully saturated rings. The summed E-state index contributed by atoms with van der Waals surface area (Å²) in [6.07, 6.45) is 0. The molecule has 7 nitrogen and oxygen atoms in total. The monoisotopic (exact) mass is 226 g/mol. The minimum absolute atomic E-state index is 0. The van der Waals surface area contributed by atoms with Crippen LogP contribution in [-0.4, -0.2) is 28.5 Å². The fourth-order valence-electron chi connectivity index (χ4n) is 0.0454. The minimum Gasteiger partial charge on any atom is -0.749 e. The van der Waals surface area contributed by atoms with E-state index in [1.54, 1.807) is 0 Å². The van der Waals surface area contributed by atoms with Crippen molar-refractivity contribution in [3.63, 3.8) is 0 Å². The van der Waals surface area contributed by atoms with Crippen LogP contribution < -0.4 is 59.1 Å². The van der Waals surface area contributed by atoms with Crippen molar-refractivity contribution in [2.75, 3.05) is 0 Å². The molecule has 0 unspecified atom stereocenters. The molecule has 0 aliphatic rings. The fraction of sp³-hybridized carbons (Fsp3) is 0. The summed E-state index contributed by atoms with van der Waals surface area (Å²) in [5.74, 6) is 0. The molecule has 0 bridgehead atoms. The van der Waals surface area contributed by atoms with Crippen LogP contribution in [0.5, 0.6) is 0 Å². The van der Waals surface area contributed by atoms with Gasteiger partial charge in [0.15, 0.2) is 0 Å². The van der Waals surface area contributed by atoms with Crippen molar-refractivity contribution in [3.8, 4) is 0 Å². The Balaban J connectivity index is -0.0000000300. The van der Waals surface area contributed by atoms with Crippen LogP contribution in [0.3, 0.4) is 0 Å². The Hall–Kier alpha value is 2.10. The van der Waals surface area contributed by atoms with Crippen LogP contribution in [-0.2, 0) is 26.4 Å². The van der Waals surface area contributed by atoms with Gasteiger partial charge in [0.2, 0.25) is 0 Å². The van der Waals surface area contributed by atoms with E-state index in [-0.39, 0.29) is 70.1 Å². The molecule has 0 heterocycles. The molecule has 0 atom stereocenters. The summed E-state index contributed by atoms with van der Waals surface area (Å²) in [6.45, 7) is 0. The van der Waals surface area contributed by atoms with Gasteiger partial charge >= 0.3 is 59.1 Å². The van der Waals surface area contributed by atoms with E-state index in [4.69, 9.17) is 0 Å². The minimum atomic E-state index is -2.96. The quantitative estimate of drug-likeness (QED) is 0.338. The van der Waals surface area contributed by atoms with Crippen molar-refractivity contribution >= 4 is 22.7 Å². The Morgan fingerprint density at radius 3 is 1.09 bits per heavy atom. The zero-order valence-corrected chi connectivity index (χ0v) is 11.5. The van der Waals surface area contributed by atoms with Crippen LogP contribution in [0.15, 0.2) is 0 Å². The molecular formula is H4Na2O7S2. The van der Waals surface area contributed by atoms with Crippen molar-refractivity contribution in [1.82, 2.24) is 0 Å². The first-order valence-electron chi connectivity index (χ1n) is 1.00. The third-order valence-corrected chi connectivity index (χ3v) is 1.00. The average molecular weight is 226 g/mol. The molecule has 0 spiro atoms. The molecule has 11 heteroatoms. The van der Waals surface area contributed by atoms with Crippen LogP contribution in [0.4, 0.5) is 0 Å². The van der Waals surface area contributed by atoms with Gasteiger partial charge in [0.05, 0.1) is 22.7 Å². The van der Waals surface area contributed by atoms with E-state index in [9.17, 15) is 17.5 Å². The summed E-state index contributed by atoms with van der Waals surface area (Å²) < 4.78 is 39.9. The molecule has 0 radical (unpaired) electrons. The zero-order chi connectivity index (χ0) is 5.86. The van der Waals surface area contributed by atoms with Crippen molar-refractivity contribution in [3.05, 3.63) is 0 Å². The van der Waals surface area contributed by atoms with E-state index in [0.29, 0.717) is 0 Å². The summed E-state index contributed by atoms with van der Waals surface area (Å²) in [5.41, 5.74) is 0. The smallest absolute Gasteiger partial charge is 0.749 e. The first-order valence-corrected chi connectivity index (χ1v) is 3.00. The molecule has 60 valence electrons. The maximum absolute atomic E-state index is 9.19. The van der Waals surface area contributed by atoms with Gasteiger partial charge in [-0.3, -0.25) is 0 Å². The third-order valence-electron chi connectivity index (χ3n) is 0.111. The predicted octanol–water partition coefficient (Wildman–Crippen LogP) is -9.05. The standard InChI is InChI=1S/2Na.H2O5S2.2H2O/c;;1-6(2)5-7(3)4;;/h;;(H,1,2)(H,3,4);2*1H2/q2*+1;;;/p-2. The Labute approximate surface area is 112 Å². The second kappa shape index (κ2) is 18.0. The SMILES string of the molecule is O.O.O=S([O-])OS(=O)[O-].[Na+].[Na+]. The predicted molar refractivity (Wildman–Crippen MR) is 26.2 cm³/mol. The van der Waals surface area contributed by atoms with E-state index >= 15 is 0 Å². The van der Waals surface area contributed by atoms with Gasteiger partial charge in [-0.2, -0.15) is 0 Å². The Kier molecular flexibility index (Phi) is 47.8. The fourth-order valence-corrected chi connectivity index (χ4v) is 0.408. The van der Waals surface area contributed by atoms with Crippen LogP contribution >= 0.6 is 0 Å². The average Bonchev–Trinajstić information content (AvgIpc) is 1.27. The maximum atomic E-state index is 9.19. The molecule has 0 aromatic heterocycles. The molecule has 0 saturated carbocycles. The van der Waals surface area contributed by atoms with E-state index in [1.807, 2.05) is 0 Å². The Bertz CT molecular complexity index is 90.6. The van der Waals surface area contributed by atoms with Gasteiger partial charge in [-0.05, 0) is 0 Å². The number of rotatable bonds is 2. The van der Waals surface area contributed by atoms with Gasteiger partial charge in [0.1, 0.15) is 0 Å². The van der Waals surface area contributed by atoms with Crippen molar-refractivity contribution in [2.45, 2.75) is 0 Å². The van der Waals surface area contributed by atoms with Crippen LogP contribution in [0, 0.1) is 0 Å². The molecule has 0 aromatic carbocycles. The van der Waals surface area contributed by atoms with Crippen LogP contribution in [0.1, 0.15) is 0 Å². The molecule has 0 aromatic rings. The largest absolute Gasteiger partial charge is 1.00 e. The molecule has 0 amide bonds. The van der Waals surface area contributed by atoms with E-state index in [1.165, 1.54) is 0 Å². The number of hydrogen-bond donors (Lipinski definition) is 0. The first kappa shape index (κ1) is 29.2. The van der Waals surface area contributed by atoms with Gasteiger partial charge < -0.3 is 20.1 Å². The van der Waals surface area contributed by atoms with E-state index in [0.717, 1.165) is 0 Å². The van der Waals surface area contributed by atoms with E-state index in [2.05, 4.69) is 3.63 Å². The van der Waals surface area contributed by atoms with Gasteiger partial charge in [0.25, 0.3) is 0 Å². The van der Waals surface area contributed by atoms with Crippen molar-refractivity contribution in [1.29, 1.82) is 0 Å². The van der Waals surface area contributed by atoms with Crippen LogP contribution in [0.25, 0.3) is 0 Å². The molecular weight excluding hydrogens is 222 g/mol. The molecule has 11 heavy (non-hydrogen) atoms. The summed E-state index contributed by atoms with van der Waals surface area (Å²) >= 11 is -5.92. The summed E-state index contributed by atoms with van der Waals surface area (Å²) in [5, 5.41) is 0. The van der Waals surface area contributed by atoms with Crippen molar-refractivity contribution < 1.29 is 91.2 Å². The molecule has 4 N–H and O–H groups in total. The zero-order valence-electron chi connectivity index (χ0n) is 5.86. The third kappa shape index (κ3) is 33.2. The van der Waals surface area contributed by atoms with Gasteiger partial charge in [-0.15, -0.1) is 0 Å². The number of hydrogen-bond acceptors (Lipinski definition) is 5. The molecule has 0 rings (SSSR count). The summed E-state index contributed by atoms with van der Waals surface area (Å²) in [4.78, 5) is 0. The molecule has 0 aliphatic carbocycles. The van der Waals surface area contributed by atoms with Gasteiger partial charge in [0, 0.05) is 0 Å². The molecule has 0 aliphatic heterocycles. The van der Waals surface area contributed by atoms with Crippen molar-refractivity contribution in [2.24, 2.45) is 0 Å². The topological polar surface area (TPSA) is 152 Å². The summed E-state index contributed by atoms with van der Waals surface area (Å²) in [6, 6.07) is 0. The normalized spacial score (nSPS) is 11.8.